The minimum Gasteiger partial charge on any atom is -0.309 e. The average Bonchev–Trinajstić information content (AvgIpc) is 3.92. The Morgan fingerprint density at radius 2 is 0.893 bits per heavy atom. The van der Waals surface area contributed by atoms with Crippen LogP contribution in [0.2, 0.25) is 0 Å². The molecule has 0 aliphatic heterocycles. The molecule has 4 aromatic heterocycles. The molecule has 0 atom stereocenters. The van der Waals surface area contributed by atoms with Crippen LogP contribution < -0.4 is 27.3 Å². The second kappa shape index (κ2) is 12.6. The van der Waals surface area contributed by atoms with Crippen LogP contribution in [-0.2, 0) is 0 Å². The third-order valence-corrected chi connectivity index (χ3v) is 13.1. The number of para-hydroxylation sites is 2. The molecule has 0 bridgehead atoms. The quantitative estimate of drug-likeness (QED) is 0.190. The van der Waals surface area contributed by atoms with Crippen molar-refractivity contribution in [3.8, 4) is 39.9 Å². The topological polar surface area (TPSA) is 43.6 Å². The summed E-state index contributed by atoms with van der Waals surface area (Å²) in [7, 11) is 32.3. The van der Waals surface area contributed by atoms with E-state index >= 15 is 0 Å². The van der Waals surface area contributed by atoms with Crippen molar-refractivity contribution >= 4 is 151 Å². The molecule has 0 saturated carbocycles. The maximum absolute atomic E-state index is 6.66. The van der Waals surface area contributed by atoms with Crippen molar-refractivity contribution in [2.75, 3.05) is 0 Å². The van der Waals surface area contributed by atoms with Gasteiger partial charge in [0.15, 0.2) is 17.5 Å². The highest BCUT2D eigenvalue weighted by Crippen LogP contribution is 2.45. The van der Waals surface area contributed by atoms with E-state index in [9.17, 15) is 0 Å². The zero-order valence-corrected chi connectivity index (χ0v) is 31.2. The Labute approximate surface area is 336 Å². The summed E-state index contributed by atoms with van der Waals surface area (Å²) in [6, 6.07) is 44.5. The van der Waals surface area contributed by atoms with E-state index in [0.717, 1.165) is 63.5 Å². The van der Waals surface area contributed by atoms with Crippen LogP contribution in [0.4, 0.5) is 0 Å². The maximum Gasteiger partial charge on any atom is 0.165 e. The van der Waals surface area contributed by atoms with Gasteiger partial charge in [-0.1, -0.05) is 95.9 Å². The molecule has 0 aliphatic carbocycles. The normalized spacial score (nSPS) is 11.9. The van der Waals surface area contributed by atoms with E-state index in [1.54, 1.807) is 22.7 Å². The Kier molecular flexibility index (Phi) is 7.51. The molecule has 10 radical (unpaired) electrons. The third kappa shape index (κ3) is 4.80. The first-order valence-electron chi connectivity index (χ1n) is 18.0. The van der Waals surface area contributed by atoms with Gasteiger partial charge in [0, 0.05) is 67.8 Å². The van der Waals surface area contributed by atoms with Crippen LogP contribution >= 0.6 is 22.7 Å². The number of thiophene rings is 2. The van der Waals surface area contributed by atoms with Gasteiger partial charge in [-0.25, -0.2) is 15.0 Å². The van der Waals surface area contributed by atoms with Crippen molar-refractivity contribution in [3.05, 3.63) is 127 Å². The minimum atomic E-state index is 0.127. The molecule has 11 aromatic rings. The van der Waals surface area contributed by atoms with Crippen LogP contribution in [0.5, 0.6) is 0 Å². The molecule has 0 fully saturated rings. The number of rotatable bonds is 4. The Balaban J connectivity index is 1.21. The number of nitrogens with zero attached hydrogens (tertiary/aromatic N) is 4. The average molecular weight is 736 g/mol. The number of aromatic nitrogens is 4. The number of benzene rings is 7. The fourth-order valence-electron chi connectivity index (χ4n) is 8.15. The zero-order valence-electron chi connectivity index (χ0n) is 29.6. The first-order valence-corrected chi connectivity index (χ1v) is 19.6. The number of hydrogen-bond donors (Lipinski definition) is 0. The summed E-state index contributed by atoms with van der Waals surface area (Å²) < 4.78 is 6.85. The van der Waals surface area contributed by atoms with E-state index in [1.165, 1.54) is 15.5 Å². The van der Waals surface area contributed by atoms with Crippen molar-refractivity contribution in [1.29, 1.82) is 0 Å². The maximum atomic E-state index is 6.66. The highest BCUT2D eigenvalue weighted by atomic mass is 32.1. The predicted octanol–water partition coefficient (Wildman–Crippen LogP) is 6.67. The van der Waals surface area contributed by atoms with E-state index in [-0.39, 0.29) is 33.1 Å². The fourth-order valence-corrected chi connectivity index (χ4v) is 10.5. The van der Waals surface area contributed by atoms with Gasteiger partial charge in [0.25, 0.3) is 0 Å². The smallest absolute Gasteiger partial charge is 0.165 e. The van der Waals surface area contributed by atoms with Gasteiger partial charge in [0.05, 0.1) is 16.7 Å². The number of fused-ring (bicyclic) bond motifs is 9. The molecule has 4 nitrogen and oxygen atoms in total. The number of hydrogen-bond acceptors (Lipinski definition) is 5. The highest BCUT2D eigenvalue weighted by Gasteiger charge is 2.23. The highest BCUT2D eigenvalue weighted by molar-refractivity contribution is 7.26. The standard InChI is InChI=1S/C45H21B5N4S2/c46-37-36(38(47)40(49)41(50)39(37)48)45-52-43(26-14-8-20-32-34(26)24-12-3-6-19-31(24)55-32)51-44(53-45)27-15-7-13-25-35-30(18-9-21-33(35)56-42(25)27)54-28-16-4-1-10-22(28)23-11-2-5-17-29(23)54/h1-21H. The van der Waals surface area contributed by atoms with Gasteiger partial charge in [0.1, 0.15) is 39.2 Å². The van der Waals surface area contributed by atoms with Crippen LogP contribution in [0, 0.1) is 0 Å². The van der Waals surface area contributed by atoms with Crippen molar-refractivity contribution in [1.82, 2.24) is 19.5 Å². The van der Waals surface area contributed by atoms with Gasteiger partial charge in [0.2, 0.25) is 0 Å². The SMILES string of the molecule is [B]c1c([B])c([B])c(-c2nc(-c3cccc4c3sc3cccc(-n5c6ccccc6c6ccccc65)c34)nc(-c3cccc4sc5ccccc5c34)n2)c([B])c1[B]. The second-order valence-electron chi connectivity index (χ2n) is 13.8. The van der Waals surface area contributed by atoms with Gasteiger partial charge < -0.3 is 4.57 Å². The summed E-state index contributed by atoms with van der Waals surface area (Å²) in [5.74, 6) is 1.18. The van der Waals surface area contributed by atoms with Crippen LogP contribution in [0.25, 0.3) is 102 Å². The van der Waals surface area contributed by atoms with Gasteiger partial charge in [-0.05, 0) is 42.5 Å². The molecule has 11 rings (SSSR count). The Morgan fingerprint density at radius 1 is 0.393 bits per heavy atom. The summed E-state index contributed by atoms with van der Waals surface area (Å²) in [5.41, 5.74) is 6.13. The molecule has 56 heavy (non-hydrogen) atoms. The molecule has 7 aromatic carbocycles. The first-order chi connectivity index (χ1) is 27.4. The third-order valence-electron chi connectivity index (χ3n) is 10.8. The molecule has 0 saturated heterocycles. The second-order valence-corrected chi connectivity index (χ2v) is 16.0. The summed E-state index contributed by atoms with van der Waals surface area (Å²) in [5, 5.41) is 6.84. The van der Waals surface area contributed by atoms with E-state index in [2.05, 4.69) is 114 Å². The summed E-state index contributed by atoms with van der Waals surface area (Å²) in [6.07, 6.45) is 0. The fraction of sp³-hybridized carbons (Fsp3) is 0. The lowest BCUT2D eigenvalue weighted by Crippen LogP contribution is -2.55. The van der Waals surface area contributed by atoms with Crippen LogP contribution in [0.15, 0.2) is 127 Å². The molecule has 11 heteroatoms. The van der Waals surface area contributed by atoms with Crippen LogP contribution in [0.1, 0.15) is 0 Å². The molecular weight excluding hydrogens is 715 g/mol. The molecule has 0 N–H and O–H groups in total. The molecule has 0 aliphatic rings. The molecule has 0 amide bonds. The first kappa shape index (κ1) is 33.5. The van der Waals surface area contributed by atoms with Crippen molar-refractivity contribution < 1.29 is 0 Å². The van der Waals surface area contributed by atoms with Crippen molar-refractivity contribution in [2.24, 2.45) is 0 Å². The Morgan fingerprint density at radius 3 is 1.61 bits per heavy atom. The summed E-state index contributed by atoms with van der Waals surface area (Å²) in [4.78, 5) is 15.4. The summed E-state index contributed by atoms with van der Waals surface area (Å²) >= 11 is 3.44. The summed E-state index contributed by atoms with van der Waals surface area (Å²) in [6.45, 7) is 0. The van der Waals surface area contributed by atoms with E-state index in [0.29, 0.717) is 17.2 Å². The molecular formula is C45H21B5N4S2. The Hall–Kier alpha value is -5.89. The van der Waals surface area contributed by atoms with E-state index in [1.807, 2.05) is 18.2 Å². The van der Waals surface area contributed by atoms with E-state index in [4.69, 9.17) is 54.2 Å². The molecule has 248 valence electrons. The monoisotopic (exact) mass is 736 g/mol. The predicted molar refractivity (Wildman–Crippen MR) is 243 cm³/mol. The largest absolute Gasteiger partial charge is 0.309 e. The minimum absolute atomic E-state index is 0.127. The van der Waals surface area contributed by atoms with Gasteiger partial charge >= 0.3 is 0 Å². The zero-order chi connectivity index (χ0) is 37.8. The van der Waals surface area contributed by atoms with Gasteiger partial charge in [-0.3, -0.25) is 0 Å². The van der Waals surface area contributed by atoms with E-state index < -0.39 is 0 Å². The molecule has 0 unspecified atom stereocenters. The van der Waals surface area contributed by atoms with Crippen LogP contribution in [0.3, 0.4) is 0 Å². The molecule has 4 heterocycles. The van der Waals surface area contributed by atoms with Gasteiger partial charge in [-0.2, -0.15) is 0 Å². The molecule has 0 spiro atoms. The lowest BCUT2D eigenvalue weighted by Gasteiger charge is -2.20. The van der Waals surface area contributed by atoms with Crippen molar-refractivity contribution in [2.45, 2.75) is 0 Å². The van der Waals surface area contributed by atoms with Crippen LogP contribution in [-0.4, -0.2) is 58.8 Å². The lowest BCUT2D eigenvalue weighted by atomic mass is 9.60. The van der Waals surface area contributed by atoms with Gasteiger partial charge in [-0.15, -0.1) is 39.1 Å². The Bertz CT molecular complexity index is 3380. The van der Waals surface area contributed by atoms with Crippen molar-refractivity contribution in [3.63, 3.8) is 0 Å². The lowest BCUT2D eigenvalue weighted by molar-refractivity contribution is 1.08.